The van der Waals surface area contributed by atoms with E-state index in [0.29, 0.717) is 17.5 Å². The smallest absolute Gasteiger partial charge is 0.164 e. The van der Waals surface area contributed by atoms with Gasteiger partial charge in [0.1, 0.15) is 0 Å². The molecule has 0 radical (unpaired) electrons. The third-order valence-corrected chi connectivity index (χ3v) is 12.0. The van der Waals surface area contributed by atoms with Crippen LogP contribution in [0.5, 0.6) is 0 Å². The number of fused-ring (bicyclic) bond motifs is 6. The minimum absolute atomic E-state index is 0.633. The molecule has 0 saturated carbocycles. The summed E-state index contributed by atoms with van der Waals surface area (Å²) >= 11 is 0. The maximum atomic E-state index is 5.10. The lowest BCUT2D eigenvalue weighted by Crippen LogP contribution is -2.00. The summed E-state index contributed by atoms with van der Waals surface area (Å²) in [5.41, 5.74) is 11.0. The van der Waals surface area contributed by atoms with E-state index in [2.05, 4.69) is 187 Å². The van der Waals surface area contributed by atoms with E-state index in [1.165, 1.54) is 59.9 Å². The Morgan fingerprint density at radius 3 is 1.21 bits per heavy atom. The molecule has 10 aromatic carbocycles. The summed E-state index contributed by atoms with van der Waals surface area (Å²) in [6.07, 6.45) is 0. The minimum atomic E-state index is 0.633. The second-order valence-corrected chi connectivity index (χ2v) is 15.7. The molecule has 0 unspecified atom stereocenters. The number of hydrogen-bond donors (Lipinski definition) is 0. The third kappa shape index (κ3) is 6.21. The molecule has 0 atom stereocenters. The average molecular weight is 777 g/mol. The number of hydrogen-bond acceptors (Lipinski definition) is 3. The fourth-order valence-electron chi connectivity index (χ4n) is 8.85. The van der Waals surface area contributed by atoms with Gasteiger partial charge in [-0.1, -0.05) is 170 Å². The van der Waals surface area contributed by atoms with E-state index in [0.717, 1.165) is 38.9 Å². The number of benzene rings is 10. The molecule has 4 nitrogen and oxygen atoms in total. The Kier molecular flexibility index (Phi) is 8.13. The lowest BCUT2D eigenvalue weighted by molar-refractivity contribution is 1.07. The van der Waals surface area contributed by atoms with Crippen molar-refractivity contribution >= 4 is 54.1 Å². The van der Waals surface area contributed by atoms with Crippen LogP contribution in [0.25, 0.3) is 116 Å². The molecule has 0 saturated heterocycles. The molecule has 4 heteroatoms. The quantitative estimate of drug-likeness (QED) is 0.169. The lowest BCUT2D eigenvalue weighted by atomic mass is 10.00. The van der Waals surface area contributed by atoms with Crippen LogP contribution in [0, 0.1) is 0 Å². The predicted octanol–water partition coefficient (Wildman–Crippen LogP) is 14.8. The van der Waals surface area contributed by atoms with Crippen molar-refractivity contribution in [1.82, 2.24) is 19.5 Å². The summed E-state index contributed by atoms with van der Waals surface area (Å²) < 4.78 is 2.42. The Labute approximate surface area is 352 Å². The molecule has 0 aliphatic rings. The maximum Gasteiger partial charge on any atom is 0.164 e. The van der Waals surface area contributed by atoms with Crippen molar-refractivity contribution in [3.05, 3.63) is 218 Å². The molecule has 2 heterocycles. The van der Waals surface area contributed by atoms with Gasteiger partial charge in [-0.15, -0.1) is 0 Å². The normalized spacial score (nSPS) is 11.6. The topological polar surface area (TPSA) is 43.6 Å². The monoisotopic (exact) mass is 776 g/mol. The Hall–Kier alpha value is -8.21. The molecule has 0 amide bonds. The van der Waals surface area contributed by atoms with E-state index in [1.54, 1.807) is 0 Å². The summed E-state index contributed by atoms with van der Waals surface area (Å²) in [6.45, 7) is 0. The van der Waals surface area contributed by atoms with Crippen LogP contribution in [-0.2, 0) is 0 Å². The molecular formula is C57H36N4. The van der Waals surface area contributed by atoms with Crippen molar-refractivity contribution in [2.45, 2.75) is 0 Å². The van der Waals surface area contributed by atoms with E-state index in [-0.39, 0.29) is 0 Å². The summed E-state index contributed by atoms with van der Waals surface area (Å²) in [5.74, 6) is 1.92. The van der Waals surface area contributed by atoms with E-state index in [9.17, 15) is 0 Å². The van der Waals surface area contributed by atoms with E-state index >= 15 is 0 Å². The zero-order valence-electron chi connectivity index (χ0n) is 33.1. The number of rotatable bonds is 6. The molecule has 61 heavy (non-hydrogen) atoms. The van der Waals surface area contributed by atoms with E-state index < -0.39 is 0 Å². The molecule has 0 bridgehead atoms. The molecule has 12 aromatic rings. The summed E-state index contributed by atoms with van der Waals surface area (Å²) in [7, 11) is 0. The van der Waals surface area contributed by atoms with Crippen molar-refractivity contribution in [3.63, 3.8) is 0 Å². The van der Waals surface area contributed by atoms with Crippen molar-refractivity contribution in [1.29, 1.82) is 0 Å². The Morgan fingerprint density at radius 1 is 0.246 bits per heavy atom. The van der Waals surface area contributed by atoms with Crippen molar-refractivity contribution < 1.29 is 0 Å². The van der Waals surface area contributed by atoms with E-state index in [4.69, 9.17) is 15.0 Å². The first-order valence-corrected chi connectivity index (χ1v) is 20.7. The Bertz CT molecular complexity index is 3530. The lowest BCUT2D eigenvalue weighted by Gasteiger charge is -2.12. The molecule has 284 valence electrons. The molecule has 0 N–H and O–H groups in total. The van der Waals surface area contributed by atoms with Gasteiger partial charge in [0.2, 0.25) is 0 Å². The fraction of sp³-hybridized carbons (Fsp3) is 0. The molecule has 0 fully saturated rings. The SMILES string of the molecule is c1ccc(-c2ccc3cc(-c4nc(-c5ccccc5)nc(-c5ccc(-c6cccc(-n7c8cc9ccccc9cc8c8cc9ccccc9cc87)c6)cc5)n4)ccc3c2)cc1. The zero-order chi connectivity index (χ0) is 40.3. The third-order valence-electron chi connectivity index (χ3n) is 12.0. The standard InChI is InChI=1S/C57H36N4/c1-3-12-37(13-4-1)46-26-27-48-31-49(29-28-47(48)30-46)57-59-55(39-14-5-2-6-15-39)58-56(60-57)40-24-22-38(23-25-40)41-20-11-21-50(32-41)61-53-35-44-18-9-7-16-42(44)33-51(53)52-34-43-17-8-10-19-45(43)36-54(52)61/h1-36H. The highest BCUT2D eigenvalue weighted by Gasteiger charge is 2.17. The first kappa shape index (κ1) is 34.8. The van der Waals surface area contributed by atoms with Gasteiger partial charge in [0.05, 0.1) is 11.0 Å². The van der Waals surface area contributed by atoms with Gasteiger partial charge in [0.25, 0.3) is 0 Å². The van der Waals surface area contributed by atoms with Crippen LogP contribution in [0.1, 0.15) is 0 Å². The summed E-state index contributed by atoms with van der Waals surface area (Å²) in [5, 5.41) is 9.75. The molecule has 12 rings (SSSR count). The molecule has 0 spiro atoms. The fourth-order valence-corrected chi connectivity index (χ4v) is 8.85. The van der Waals surface area contributed by atoms with Crippen LogP contribution in [-0.4, -0.2) is 19.5 Å². The highest BCUT2D eigenvalue weighted by Crippen LogP contribution is 2.38. The van der Waals surface area contributed by atoms with Crippen LogP contribution < -0.4 is 0 Å². The van der Waals surface area contributed by atoms with Crippen molar-refractivity contribution in [2.24, 2.45) is 0 Å². The first-order valence-electron chi connectivity index (χ1n) is 20.7. The predicted molar refractivity (Wildman–Crippen MR) is 254 cm³/mol. The number of aromatic nitrogens is 4. The second kappa shape index (κ2) is 14.3. The van der Waals surface area contributed by atoms with Gasteiger partial charge >= 0.3 is 0 Å². The van der Waals surface area contributed by atoms with Gasteiger partial charge < -0.3 is 4.57 Å². The van der Waals surface area contributed by atoms with Crippen LogP contribution in [0.2, 0.25) is 0 Å². The van der Waals surface area contributed by atoms with Crippen LogP contribution in [0.15, 0.2) is 218 Å². The molecule has 2 aromatic heterocycles. The first-order chi connectivity index (χ1) is 30.2. The van der Waals surface area contributed by atoms with Crippen molar-refractivity contribution in [3.8, 4) is 62.1 Å². The molecular weight excluding hydrogens is 741 g/mol. The average Bonchev–Trinajstić information content (AvgIpc) is 3.64. The van der Waals surface area contributed by atoms with Gasteiger partial charge in [-0.2, -0.15) is 0 Å². The maximum absolute atomic E-state index is 5.10. The van der Waals surface area contributed by atoms with Crippen LogP contribution >= 0.6 is 0 Å². The van der Waals surface area contributed by atoms with Crippen LogP contribution in [0.4, 0.5) is 0 Å². The molecule has 0 aliphatic carbocycles. The van der Waals surface area contributed by atoms with Crippen molar-refractivity contribution in [2.75, 3.05) is 0 Å². The van der Waals surface area contributed by atoms with Gasteiger partial charge in [-0.3, -0.25) is 0 Å². The largest absolute Gasteiger partial charge is 0.309 e. The van der Waals surface area contributed by atoms with Gasteiger partial charge in [0, 0.05) is 33.2 Å². The molecule has 0 aliphatic heterocycles. The van der Waals surface area contributed by atoms with Gasteiger partial charge in [-0.25, -0.2) is 15.0 Å². The highest BCUT2D eigenvalue weighted by atomic mass is 15.0. The Morgan fingerprint density at radius 2 is 0.623 bits per heavy atom. The summed E-state index contributed by atoms with van der Waals surface area (Å²) in [4.78, 5) is 15.2. The minimum Gasteiger partial charge on any atom is -0.309 e. The number of nitrogens with zero attached hydrogens (tertiary/aromatic N) is 4. The highest BCUT2D eigenvalue weighted by molar-refractivity contribution is 6.16. The summed E-state index contributed by atoms with van der Waals surface area (Å²) in [6, 6.07) is 77.8. The van der Waals surface area contributed by atoms with Gasteiger partial charge in [-0.05, 0) is 103 Å². The van der Waals surface area contributed by atoms with Crippen LogP contribution in [0.3, 0.4) is 0 Å². The van der Waals surface area contributed by atoms with E-state index in [1.807, 2.05) is 36.4 Å². The second-order valence-electron chi connectivity index (χ2n) is 15.7. The zero-order valence-corrected chi connectivity index (χ0v) is 33.1. The van der Waals surface area contributed by atoms with Gasteiger partial charge in [0.15, 0.2) is 17.5 Å². The Balaban J connectivity index is 0.934.